The lowest BCUT2D eigenvalue weighted by Crippen LogP contribution is -2.48. The van der Waals surface area contributed by atoms with Crippen LogP contribution in [0.5, 0.6) is 5.75 Å². The molecule has 1 N–H and O–H groups in total. The number of anilines is 1. The van der Waals surface area contributed by atoms with Gasteiger partial charge in [0, 0.05) is 45.7 Å². The summed E-state index contributed by atoms with van der Waals surface area (Å²) in [5.41, 5.74) is 1.59. The van der Waals surface area contributed by atoms with Crippen molar-refractivity contribution < 1.29 is 17.9 Å². The zero-order chi connectivity index (χ0) is 21.6. The molecule has 3 rings (SSSR count). The number of rotatable bonds is 7. The van der Waals surface area contributed by atoms with E-state index in [-0.39, 0.29) is 10.8 Å². The zero-order valence-electron chi connectivity index (χ0n) is 17.2. The number of carbonyl (C=O) groups is 1. The average Bonchev–Trinajstić information content (AvgIpc) is 2.74. The standard InChI is InChI=1S/C22H27N3O4S/c1-18(26)23-21-11-10-20(17-22(21)29-2)30(27,28)25-15-13-24(14-16-25)12-6-9-19-7-4-3-5-8-19/h3-11,17H,12-16H2,1-2H3,(H,23,26)/b9-6+. The van der Waals surface area contributed by atoms with Crippen LogP contribution in [0.3, 0.4) is 0 Å². The van der Waals surface area contributed by atoms with E-state index in [9.17, 15) is 13.2 Å². The van der Waals surface area contributed by atoms with Crippen LogP contribution in [0.4, 0.5) is 5.69 Å². The fourth-order valence-corrected chi connectivity index (χ4v) is 4.77. The van der Waals surface area contributed by atoms with Crippen molar-refractivity contribution in [3.05, 3.63) is 60.2 Å². The molecule has 0 saturated carbocycles. The van der Waals surface area contributed by atoms with Crippen LogP contribution < -0.4 is 10.1 Å². The van der Waals surface area contributed by atoms with E-state index in [4.69, 9.17) is 4.74 Å². The fourth-order valence-electron chi connectivity index (χ4n) is 3.33. The summed E-state index contributed by atoms with van der Waals surface area (Å²) >= 11 is 0. The Bertz CT molecular complexity index is 998. The molecule has 1 aliphatic heterocycles. The number of amides is 1. The smallest absolute Gasteiger partial charge is 0.243 e. The van der Waals surface area contributed by atoms with Crippen molar-refractivity contribution in [1.29, 1.82) is 0 Å². The van der Waals surface area contributed by atoms with Gasteiger partial charge in [0.25, 0.3) is 0 Å². The number of hydrogen-bond acceptors (Lipinski definition) is 5. The largest absolute Gasteiger partial charge is 0.495 e. The predicted octanol–water partition coefficient (Wildman–Crippen LogP) is 2.67. The van der Waals surface area contributed by atoms with Crippen LogP contribution in [-0.4, -0.2) is 63.4 Å². The quantitative estimate of drug-likeness (QED) is 0.732. The van der Waals surface area contributed by atoms with Gasteiger partial charge in [-0.2, -0.15) is 4.31 Å². The topological polar surface area (TPSA) is 79.0 Å². The van der Waals surface area contributed by atoms with Crippen LogP contribution in [0.15, 0.2) is 59.5 Å². The molecule has 8 heteroatoms. The molecule has 1 aliphatic rings. The van der Waals surface area contributed by atoms with Crippen molar-refractivity contribution in [3.63, 3.8) is 0 Å². The van der Waals surface area contributed by atoms with E-state index in [1.54, 1.807) is 6.07 Å². The van der Waals surface area contributed by atoms with E-state index in [0.717, 1.165) is 12.1 Å². The number of piperazine rings is 1. The molecule has 160 valence electrons. The van der Waals surface area contributed by atoms with Crippen LogP contribution in [0.1, 0.15) is 12.5 Å². The minimum absolute atomic E-state index is 0.158. The molecular weight excluding hydrogens is 402 g/mol. The van der Waals surface area contributed by atoms with Crippen LogP contribution in [0.2, 0.25) is 0 Å². The molecule has 30 heavy (non-hydrogen) atoms. The molecule has 2 aromatic rings. The number of benzene rings is 2. The van der Waals surface area contributed by atoms with Gasteiger partial charge in [-0.25, -0.2) is 8.42 Å². The summed E-state index contributed by atoms with van der Waals surface area (Å²) in [6.07, 6.45) is 4.18. The Balaban J connectivity index is 1.61. The monoisotopic (exact) mass is 429 g/mol. The van der Waals surface area contributed by atoms with Gasteiger partial charge in [0.15, 0.2) is 0 Å². The molecule has 1 heterocycles. The third-order valence-electron chi connectivity index (χ3n) is 4.93. The van der Waals surface area contributed by atoms with Crippen LogP contribution in [0, 0.1) is 0 Å². The van der Waals surface area contributed by atoms with Crippen LogP contribution >= 0.6 is 0 Å². The number of nitrogens with zero attached hydrogens (tertiary/aromatic N) is 2. The highest BCUT2D eigenvalue weighted by Crippen LogP contribution is 2.29. The number of methoxy groups -OCH3 is 1. The first kappa shape index (κ1) is 22.0. The van der Waals surface area contributed by atoms with Crippen molar-refractivity contribution >= 4 is 27.7 Å². The second-order valence-electron chi connectivity index (χ2n) is 7.06. The molecular formula is C22H27N3O4S. The third kappa shape index (κ3) is 5.47. The summed E-state index contributed by atoms with van der Waals surface area (Å²) in [7, 11) is -2.19. The molecule has 1 amide bonds. The molecule has 2 aromatic carbocycles. The minimum atomic E-state index is -3.63. The summed E-state index contributed by atoms with van der Waals surface area (Å²) in [5, 5.41) is 2.63. The Hall–Kier alpha value is -2.68. The van der Waals surface area contributed by atoms with Gasteiger partial charge < -0.3 is 10.1 Å². The molecule has 0 aliphatic carbocycles. The van der Waals surface area contributed by atoms with Crippen molar-refractivity contribution in [3.8, 4) is 5.75 Å². The first-order chi connectivity index (χ1) is 14.4. The van der Waals surface area contributed by atoms with Crippen molar-refractivity contribution in [2.75, 3.05) is 45.2 Å². The summed E-state index contributed by atoms with van der Waals surface area (Å²) < 4.78 is 32.8. The third-order valence-corrected chi connectivity index (χ3v) is 6.82. The van der Waals surface area contributed by atoms with E-state index in [1.807, 2.05) is 30.3 Å². The lowest BCUT2D eigenvalue weighted by atomic mass is 10.2. The van der Waals surface area contributed by atoms with Gasteiger partial charge in [-0.15, -0.1) is 0 Å². The normalized spacial score (nSPS) is 15.9. The van der Waals surface area contributed by atoms with Gasteiger partial charge in [-0.05, 0) is 17.7 Å². The number of carbonyl (C=O) groups excluding carboxylic acids is 1. The Kier molecular flexibility index (Phi) is 7.25. The first-order valence-electron chi connectivity index (χ1n) is 9.80. The number of hydrogen-bond donors (Lipinski definition) is 1. The van der Waals surface area contributed by atoms with Gasteiger partial charge in [0.1, 0.15) is 5.75 Å². The maximum Gasteiger partial charge on any atom is 0.243 e. The van der Waals surface area contributed by atoms with E-state index in [0.29, 0.717) is 37.6 Å². The molecule has 0 bridgehead atoms. The lowest BCUT2D eigenvalue weighted by molar-refractivity contribution is -0.114. The molecule has 0 spiro atoms. The fraction of sp³-hybridized carbons (Fsp3) is 0.318. The molecule has 0 unspecified atom stereocenters. The van der Waals surface area contributed by atoms with E-state index < -0.39 is 10.0 Å². The Morgan fingerprint density at radius 2 is 1.80 bits per heavy atom. The second kappa shape index (κ2) is 9.88. The molecule has 7 nitrogen and oxygen atoms in total. The Labute approximate surface area is 178 Å². The minimum Gasteiger partial charge on any atom is -0.495 e. The summed E-state index contributed by atoms with van der Waals surface area (Å²) in [4.78, 5) is 13.7. The van der Waals surface area contributed by atoms with Crippen molar-refractivity contribution in [2.45, 2.75) is 11.8 Å². The van der Waals surface area contributed by atoms with Gasteiger partial charge in [0.2, 0.25) is 15.9 Å². The second-order valence-corrected chi connectivity index (χ2v) is 9.00. The van der Waals surface area contributed by atoms with E-state index in [1.165, 1.54) is 30.5 Å². The number of nitrogens with one attached hydrogen (secondary N) is 1. The number of sulfonamides is 1. The molecule has 1 saturated heterocycles. The maximum atomic E-state index is 13.0. The highest BCUT2D eigenvalue weighted by atomic mass is 32.2. The first-order valence-corrected chi connectivity index (χ1v) is 11.2. The van der Waals surface area contributed by atoms with E-state index in [2.05, 4.69) is 22.4 Å². The van der Waals surface area contributed by atoms with Gasteiger partial charge in [-0.3, -0.25) is 9.69 Å². The molecule has 0 aromatic heterocycles. The van der Waals surface area contributed by atoms with Crippen molar-refractivity contribution in [1.82, 2.24) is 9.21 Å². The Morgan fingerprint density at radius 3 is 2.43 bits per heavy atom. The zero-order valence-corrected chi connectivity index (χ0v) is 18.1. The molecule has 1 fully saturated rings. The number of ether oxygens (including phenoxy) is 1. The average molecular weight is 430 g/mol. The Morgan fingerprint density at radius 1 is 1.10 bits per heavy atom. The van der Waals surface area contributed by atoms with Gasteiger partial charge >= 0.3 is 0 Å². The summed E-state index contributed by atoms with van der Waals surface area (Å²) in [6.45, 7) is 4.36. The van der Waals surface area contributed by atoms with Crippen LogP contribution in [-0.2, 0) is 14.8 Å². The molecule has 0 radical (unpaired) electrons. The van der Waals surface area contributed by atoms with Gasteiger partial charge in [0.05, 0.1) is 17.7 Å². The maximum absolute atomic E-state index is 13.0. The lowest BCUT2D eigenvalue weighted by Gasteiger charge is -2.33. The molecule has 0 atom stereocenters. The summed E-state index contributed by atoms with van der Waals surface area (Å²) in [6, 6.07) is 14.6. The highest BCUT2D eigenvalue weighted by molar-refractivity contribution is 7.89. The van der Waals surface area contributed by atoms with Crippen LogP contribution in [0.25, 0.3) is 6.08 Å². The van der Waals surface area contributed by atoms with E-state index >= 15 is 0 Å². The van der Waals surface area contributed by atoms with Gasteiger partial charge in [-0.1, -0.05) is 42.5 Å². The van der Waals surface area contributed by atoms with Crippen molar-refractivity contribution in [2.24, 2.45) is 0 Å². The summed E-state index contributed by atoms with van der Waals surface area (Å²) in [5.74, 6) is 0.0669. The predicted molar refractivity (Wildman–Crippen MR) is 118 cm³/mol. The SMILES string of the molecule is COc1cc(S(=O)(=O)N2CCN(C/C=C/c3ccccc3)CC2)ccc1NC(C)=O. The highest BCUT2D eigenvalue weighted by Gasteiger charge is 2.29.